The minimum atomic E-state index is 0.136. The van der Waals surface area contributed by atoms with Gasteiger partial charge in [-0.3, -0.25) is 9.59 Å². The first kappa shape index (κ1) is 22.3. The summed E-state index contributed by atoms with van der Waals surface area (Å²) in [6, 6.07) is 0. The minimum absolute atomic E-state index is 0.136. The zero-order valence-corrected chi connectivity index (χ0v) is 21.7. The molecule has 8 aliphatic carbocycles. The van der Waals surface area contributed by atoms with Crippen molar-refractivity contribution < 1.29 is 14.3 Å². The summed E-state index contributed by atoms with van der Waals surface area (Å²) in [7, 11) is 0. The van der Waals surface area contributed by atoms with Gasteiger partial charge in [-0.1, -0.05) is 13.8 Å². The second-order valence-corrected chi connectivity index (χ2v) is 15.1. The fourth-order valence-electron chi connectivity index (χ4n) is 12.2. The summed E-state index contributed by atoms with van der Waals surface area (Å²) in [5.74, 6) is 6.22. The highest BCUT2D eigenvalue weighted by Gasteiger charge is 2.61. The highest BCUT2D eigenvalue weighted by molar-refractivity contribution is 5.79. The molecule has 0 amide bonds. The Morgan fingerprint density at radius 1 is 0.853 bits per heavy atom. The number of fused-ring (bicyclic) bond motifs is 5. The van der Waals surface area contributed by atoms with E-state index in [1.54, 1.807) is 0 Å². The molecule has 0 aromatic rings. The lowest BCUT2D eigenvalue weighted by molar-refractivity contribution is -0.170. The van der Waals surface area contributed by atoms with E-state index < -0.39 is 0 Å². The van der Waals surface area contributed by atoms with Gasteiger partial charge in [-0.2, -0.15) is 0 Å². The van der Waals surface area contributed by atoms with Crippen LogP contribution in [0.4, 0.5) is 0 Å². The number of ketones is 1. The predicted octanol–water partition coefficient (Wildman–Crippen LogP) is 7.12. The van der Waals surface area contributed by atoms with E-state index in [1.165, 1.54) is 70.6 Å². The van der Waals surface area contributed by atoms with Crippen molar-refractivity contribution in [3.63, 3.8) is 0 Å². The first-order valence-corrected chi connectivity index (χ1v) is 15.0. The Balaban J connectivity index is 1.04. The zero-order valence-electron chi connectivity index (χ0n) is 21.7. The summed E-state index contributed by atoms with van der Waals surface area (Å²) >= 11 is 0. The van der Waals surface area contributed by atoms with Gasteiger partial charge in [0.2, 0.25) is 0 Å². The van der Waals surface area contributed by atoms with E-state index in [9.17, 15) is 9.59 Å². The molecule has 0 aromatic carbocycles. The Morgan fingerprint density at radius 2 is 1.53 bits per heavy atom. The fourth-order valence-corrected chi connectivity index (χ4v) is 12.2. The van der Waals surface area contributed by atoms with Crippen LogP contribution in [-0.4, -0.2) is 17.9 Å². The maximum absolute atomic E-state index is 13.4. The van der Waals surface area contributed by atoms with Gasteiger partial charge in [-0.15, -0.1) is 0 Å². The number of ether oxygens (including phenoxy) is 1. The van der Waals surface area contributed by atoms with Gasteiger partial charge in [0.15, 0.2) is 0 Å². The molecule has 0 saturated heterocycles. The standard InChI is InChI=1S/C31H46O3/c1-29-9-7-23(32)14-22(29)3-4-24-25-5-6-27(30(25,2)10-8-26(24)29)34-28(33)18-31-15-19-11-20(16-31)13-21(12-19)17-31/h19-22,24-27H,3-18H2,1-2H3/t19?,20?,21?,22?,24-,25-,26-,27-,29-,30-,31?/m0/s1. The topological polar surface area (TPSA) is 43.4 Å². The molecule has 0 aliphatic heterocycles. The van der Waals surface area contributed by atoms with E-state index in [2.05, 4.69) is 13.8 Å². The van der Waals surface area contributed by atoms with E-state index in [4.69, 9.17) is 4.74 Å². The molecule has 0 heterocycles. The number of hydrogen-bond donors (Lipinski definition) is 0. The van der Waals surface area contributed by atoms with Crippen molar-refractivity contribution in [1.82, 2.24) is 0 Å². The SMILES string of the molecule is C[C@]12CC[C@H]3[C@@H](CCC4CC(=O)CC[C@@]43C)[C@@H]1CC[C@@H]2OC(=O)CC12CC3CC(CC(C3)C1)C2. The summed E-state index contributed by atoms with van der Waals surface area (Å²) in [5, 5.41) is 0. The molecule has 8 fully saturated rings. The number of carbonyl (C=O) groups excluding carboxylic acids is 2. The van der Waals surface area contributed by atoms with Crippen LogP contribution in [0.3, 0.4) is 0 Å². The molecule has 0 N–H and O–H groups in total. The third-order valence-corrected chi connectivity index (χ3v) is 13.4. The third-order valence-electron chi connectivity index (χ3n) is 13.4. The third kappa shape index (κ3) is 3.26. The van der Waals surface area contributed by atoms with E-state index in [1.807, 2.05) is 0 Å². The number of rotatable bonds is 3. The largest absolute Gasteiger partial charge is 0.462 e. The number of carbonyl (C=O) groups is 2. The molecule has 8 saturated carbocycles. The monoisotopic (exact) mass is 466 g/mol. The van der Waals surface area contributed by atoms with Crippen molar-refractivity contribution in [1.29, 1.82) is 0 Å². The molecule has 3 heteroatoms. The lowest BCUT2D eigenvalue weighted by Crippen LogP contribution is -2.54. The van der Waals surface area contributed by atoms with Crippen LogP contribution in [0.5, 0.6) is 0 Å². The normalized spacial score (nSPS) is 55.4. The lowest BCUT2D eigenvalue weighted by Gasteiger charge is -2.60. The molecule has 188 valence electrons. The van der Waals surface area contributed by atoms with Crippen molar-refractivity contribution >= 4 is 11.8 Å². The van der Waals surface area contributed by atoms with E-state index >= 15 is 0 Å². The maximum atomic E-state index is 13.4. The van der Waals surface area contributed by atoms with Gasteiger partial charge in [0, 0.05) is 18.3 Å². The van der Waals surface area contributed by atoms with Crippen LogP contribution < -0.4 is 0 Å². The van der Waals surface area contributed by atoms with Gasteiger partial charge in [-0.25, -0.2) is 0 Å². The molecule has 8 rings (SSSR count). The van der Waals surface area contributed by atoms with Gasteiger partial charge in [0.1, 0.15) is 11.9 Å². The Bertz CT molecular complexity index is 841. The molecule has 8 aliphatic rings. The van der Waals surface area contributed by atoms with Crippen molar-refractivity contribution in [3.8, 4) is 0 Å². The molecule has 4 bridgehead atoms. The predicted molar refractivity (Wildman–Crippen MR) is 132 cm³/mol. The van der Waals surface area contributed by atoms with Crippen molar-refractivity contribution in [3.05, 3.63) is 0 Å². The van der Waals surface area contributed by atoms with Crippen molar-refractivity contribution in [2.24, 2.45) is 57.7 Å². The molecule has 1 unspecified atom stereocenters. The van der Waals surface area contributed by atoms with Crippen LogP contribution >= 0.6 is 0 Å². The first-order chi connectivity index (χ1) is 16.3. The summed E-state index contributed by atoms with van der Waals surface area (Å²) in [4.78, 5) is 25.6. The van der Waals surface area contributed by atoms with E-state index in [0.717, 1.165) is 55.3 Å². The average molecular weight is 467 g/mol. The summed E-state index contributed by atoms with van der Waals surface area (Å²) < 4.78 is 6.46. The second-order valence-electron chi connectivity index (χ2n) is 15.1. The van der Waals surface area contributed by atoms with Gasteiger partial charge in [0.05, 0.1) is 6.42 Å². The molecule has 0 aromatic heterocycles. The van der Waals surface area contributed by atoms with Crippen molar-refractivity contribution in [2.45, 2.75) is 123 Å². The van der Waals surface area contributed by atoms with Gasteiger partial charge < -0.3 is 4.74 Å². The van der Waals surface area contributed by atoms with Gasteiger partial charge >= 0.3 is 5.97 Å². The van der Waals surface area contributed by atoms with Crippen molar-refractivity contribution in [2.75, 3.05) is 0 Å². The van der Waals surface area contributed by atoms with Crippen LogP contribution in [0.2, 0.25) is 0 Å². The summed E-state index contributed by atoms with van der Waals surface area (Å²) in [5.41, 5.74) is 0.825. The average Bonchev–Trinajstić information content (AvgIpc) is 3.09. The fraction of sp³-hybridized carbons (Fsp3) is 0.935. The highest BCUT2D eigenvalue weighted by atomic mass is 16.5. The van der Waals surface area contributed by atoms with E-state index in [0.29, 0.717) is 29.5 Å². The highest BCUT2D eigenvalue weighted by Crippen LogP contribution is 2.67. The first-order valence-electron chi connectivity index (χ1n) is 15.0. The molecule has 3 nitrogen and oxygen atoms in total. The molecule has 0 radical (unpaired) electrons. The van der Waals surface area contributed by atoms with Crippen LogP contribution in [0.1, 0.15) is 117 Å². The Morgan fingerprint density at radius 3 is 2.24 bits per heavy atom. The summed E-state index contributed by atoms with van der Waals surface area (Å²) in [6.45, 7) is 5.00. The molecule has 34 heavy (non-hydrogen) atoms. The zero-order chi connectivity index (χ0) is 23.3. The molecular formula is C31H46O3. The Labute approximate surface area is 206 Å². The second kappa shape index (κ2) is 7.58. The van der Waals surface area contributed by atoms with Gasteiger partial charge in [0.25, 0.3) is 0 Å². The smallest absolute Gasteiger partial charge is 0.306 e. The number of esters is 1. The maximum Gasteiger partial charge on any atom is 0.306 e. The number of Topliss-reactive ketones (excluding diaryl/α,β-unsaturated/α-hetero) is 1. The molecule has 7 atom stereocenters. The molecule has 0 spiro atoms. The lowest BCUT2D eigenvalue weighted by atomic mass is 9.45. The van der Waals surface area contributed by atoms with E-state index in [-0.39, 0.29) is 22.9 Å². The van der Waals surface area contributed by atoms with Crippen LogP contribution in [0, 0.1) is 57.7 Å². The van der Waals surface area contributed by atoms with Gasteiger partial charge in [-0.05, 0) is 136 Å². The van der Waals surface area contributed by atoms with Crippen LogP contribution in [0.15, 0.2) is 0 Å². The van der Waals surface area contributed by atoms with Crippen LogP contribution in [-0.2, 0) is 14.3 Å². The Kier molecular flexibility index (Phi) is 4.98. The van der Waals surface area contributed by atoms with Crippen LogP contribution in [0.25, 0.3) is 0 Å². The minimum Gasteiger partial charge on any atom is -0.462 e. The quantitative estimate of drug-likeness (QED) is 0.416. The Hall–Kier alpha value is -0.860. The summed E-state index contributed by atoms with van der Waals surface area (Å²) in [6.07, 6.45) is 19.2. The number of hydrogen-bond acceptors (Lipinski definition) is 3. The molecular weight excluding hydrogens is 420 g/mol.